The van der Waals surface area contributed by atoms with Gasteiger partial charge in [0.15, 0.2) is 5.82 Å². The Kier molecular flexibility index (Phi) is 5.42. The quantitative estimate of drug-likeness (QED) is 0.806. The van der Waals surface area contributed by atoms with Gasteiger partial charge in [-0.15, -0.1) is 0 Å². The number of anilines is 2. The third kappa shape index (κ3) is 3.93. The summed E-state index contributed by atoms with van der Waals surface area (Å²) in [6.45, 7) is 2.17. The van der Waals surface area contributed by atoms with Crippen LogP contribution in [-0.2, 0) is 9.59 Å². The van der Waals surface area contributed by atoms with E-state index in [9.17, 15) is 14.9 Å². The molecule has 2 amide bonds. The molecule has 1 aromatic heterocycles. The number of benzene rings is 1. The number of aryl methyl sites for hydroxylation is 1. The summed E-state index contributed by atoms with van der Waals surface area (Å²) in [5.41, 5.74) is 1.89. The number of pyridine rings is 1. The summed E-state index contributed by atoms with van der Waals surface area (Å²) in [6, 6.07) is 9.13. The maximum absolute atomic E-state index is 12.6. The van der Waals surface area contributed by atoms with Gasteiger partial charge in [0.05, 0.1) is 24.3 Å². The molecule has 0 spiro atoms. The van der Waals surface area contributed by atoms with E-state index in [1.807, 2.05) is 25.1 Å². The van der Waals surface area contributed by atoms with E-state index in [4.69, 9.17) is 4.74 Å². The monoisotopic (exact) mass is 428 g/mol. The standard InChI is InChI=1S/C19H17BrN4O3/c1-11-3-4-16(27-2)15(5-11)24-10-13(7-17(24)25)19(26)23-18-12(8-21)6-14(20)9-22-18/h3-6,9,13H,7,10H2,1-2H3,(H,22,23,26)/t13-/m1/s1. The fourth-order valence-corrected chi connectivity index (χ4v) is 3.30. The number of nitriles is 1. The lowest BCUT2D eigenvalue weighted by Crippen LogP contribution is -2.28. The number of nitrogens with zero attached hydrogens (tertiary/aromatic N) is 3. The molecule has 1 saturated heterocycles. The van der Waals surface area contributed by atoms with Gasteiger partial charge < -0.3 is 15.0 Å². The molecule has 2 heterocycles. The summed E-state index contributed by atoms with van der Waals surface area (Å²) in [7, 11) is 1.54. The van der Waals surface area contributed by atoms with Crippen molar-refractivity contribution in [3.05, 3.63) is 46.1 Å². The fraction of sp³-hybridized carbons (Fsp3) is 0.263. The number of nitrogens with one attached hydrogen (secondary N) is 1. The molecule has 1 fully saturated rings. The Morgan fingerprint density at radius 2 is 2.22 bits per heavy atom. The van der Waals surface area contributed by atoms with Crippen molar-refractivity contribution in [2.45, 2.75) is 13.3 Å². The molecule has 8 heteroatoms. The van der Waals surface area contributed by atoms with Crippen molar-refractivity contribution in [1.29, 1.82) is 5.26 Å². The van der Waals surface area contributed by atoms with Crippen LogP contribution < -0.4 is 15.0 Å². The van der Waals surface area contributed by atoms with Crippen molar-refractivity contribution in [3.8, 4) is 11.8 Å². The van der Waals surface area contributed by atoms with Crippen LogP contribution in [0.1, 0.15) is 17.5 Å². The van der Waals surface area contributed by atoms with Gasteiger partial charge >= 0.3 is 0 Å². The predicted molar refractivity (Wildman–Crippen MR) is 103 cm³/mol. The van der Waals surface area contributed by atoms with E-state index >= 15 is 0 Å². The summed E-state index contributed by atoms with van der Waals surface area (Å²) in [6.07, 6.45) is 1.58. The normalized spacial score (nSPS) is 16.1. The lowest BCUT2D eigenvalue weighted by molar-refractivity contribution is -0.122. The molecule has 0 unspecified atom stereocenters. The highest BCUT2D eigenvalue weighted by Gasteiger charge is 2.36. The Morgan fingerprint density at radius 3 is 2.93 bits per heavy atom. The van der Waals surface area contributed by atoms with Gasteiger partial charge in [0.25, 0.3) is 0 Å². The smallest absolute Gasteiger partial charge is 0.231 e. The van der Waals surface area contributed by atoms with Crippen LogP contribution >= 0.6 is 15.9 Å². The van der Waals surface area contributed by atoms with E-state index in [0.29, 0.717) is 15.9 Å². The molecule has 2 aromatic rings. The molecule has 3 rings (SSSR count). The van der Waals surface area contributed by atoms with Crippen LogP contribution in [0.3, 0.4) is 0 Å². The van der Waals surface area contributed by atoms with Crippen molar-refractivity contribution in [2.75, 3.05) is 23.9 Å². The number of methoxy groups -OCH3 is 1. The molecule has 138 valence electrons. The van der Waals surface area contributed by atoms with Gasteiger partial charge in [-0.3, -0.25) is 9.59 Å². The third-order valence-electron chi connectivity index (χ3n) is 4.34. The molecule has 7 nitrogen and oxygen atoms in total. The van der Waals surface area contributed by atoms with E-state index in [1.165, 1.54) is 6.20 Å². The first-order valence-electron chi connectivity index (χ1n) is 8.24. The largest absolute Gasteiger partial charge is 0.495 e. The highest BCUT2D eigenvalue weighted by Crippen LogP contribution is 2.34. The Morgan fingerprint density at radius 1 is 1.44 bits per heavy atom. The molecule has 0 bridgehead atoms. The number of hydrogen-bond donors (Lipinski definition) is 1. The maximum Gasteiger partial charge on any atom is 0.231 e. The number of carbonyl (C=O) groups is 2. The molecule has 1 atom stereocenters. The first kappa shape index (κ1) is 18.9. The zero-order chi connectivity index (χ0) is 19.6. The van der Waals surface area contributed by atoms with Gasteiger partial charge in [-0.1, -0.05) is 6.07 Å². The lowest BCUT2D eigenvalue weighted by atomic mass is 10.1. The number of halogens is 1. The molecule has 1 aliphatic heterocycles. The van der Waals surface area contributed by atoms with Crippen LogP contribution in [0.2, 0.25) is 0 Å². The zero-order valence-electron chi connectivity index (χ0n) is 14.8. The van der Waals surface area contributed by atoms with Crippen molar-refractivity contribution in [2.24, 2.45) is 5.92 Å². The second-order valence-electron chi connectivity index (χ2n) is 6.23. The Labute approximate surface area is 165 Å². The molecular formula is C19H17BrN4O3. The Bertz CT molecular complexity index is 954. The van der Waals surface area contributed by atoms with Crippen LogP contribution in [0.25, 0.3) is 0 Å². The number of carbonyl (C=O) groups excluding carboxylic acids is 2. The topological polar surface area (TPSA) is 95.3 Å². The highest BCUT2D eigenvalue weighted by atomic mass is 79.9. The third-order valence-corrected chi connectivity index (χ3v) is 4.77. The van der Waals surface area contributed by atoms with Gasteiger partial charge in [-0.25, -0.2) is 4.98 Å². The minimum Gasteiger partial charge on any atom is -0.495 e. The Balaban J connectivity index is 1.79. The minimum absolute atomic E-state index is 0.0847. The van der Waals surface area contributed by atoms with E-state index in [-0.39, 0.29) is 36.2 Å². The van der Waals surface area contributed by atoms with E-state index in [0.717, 1.165) is 5.56 Å². The number of aromatic nitrogens is 1. The SMILES string of the molecule is COc1ccc(C)cc1N1C[C@H](C(=O)Nc2ncc(Br)cc2C#N)CC1=O. The fourth-order valence-electron chi connectivity index (χ4n) is 2.97. The van der Waals surface area contributed by atoms with Crippen LogP contribution in [0.5, 0.6) is 5.75 Å². The van der Waals surface area contributed by atoms with E-state index in [1.54, 1.807) is 24.1 Å². The molecule has 1 aromatic carbocycles. The number of ether oxygens (including phenoxy) is 1. The van der Waals surface area contributed by atoms with Crippen molar-refractivity contribution in [3.63, 3.8) is 0 Å². The first-order valence-corrected chi connectivity index (χ1v) is 9.03. The molecule has 0 aliphatic carbocycles. The van der Waals surface area contributed by atoms with Crippen molar-refractivity contribution in [1.82, 2.24) is 4.98 Å². The van der Waals surface area contributed by atoms with Crippen LogP contribution in [0.4, 0.5) is 11.5 Å². The van der Waals surface area contributed by atoms with E-state index in [2.05, 4.69) is 26.2 Å². The average molecular weight is 429 g/mol. The van der Waals surface area contributed by atoms with Gasteiger partial charge in [0.2, 0.25) is 11.8 Å². The number of amides is 2. The van der Waals surface area contributed by atoms with Crippen LogP contribution in [-0.4, -0.2) is 30.5 Å². The Hall–Kier alpha value is -2.92. The average Bonchev–Trinajstić information content (AvgIpc) is 3.04. The lowest BCUT2D eigenvalue weighted by Gasteiger charge is -2.20. The summed E-state index contributed by atoms with van der Waals surface area (Å²) in [5, 5.41) is 11.9. The number of hydrogen-bond acceptors (Lipinski definition) is 5. The van der Waals surface area contributed by atoms with Gasteiger partial charge in [-0.05, 0) is 46.6 Å². The van der Waals surface area contributed by atoms with Gasteiger partial charge in [0, 0.05) is 23.6 Å². The van der Waals surface area contributed by atoms with E-state index < -0.39 is 5.92 Å². The second kappa shape index (κ2) is 7.76. The summed E-state index contributed by atoms with van der Waals surface area (Å²) in [5.74, 6) is -0.270. The van der Waals surface area contributed by atoms with Gasteiger partial charge in [-0.2, -0.15) is 5.26 Å². The highest BCUT2D eigenvalue weighted by molar-refractivity contribution is 9.10. The molecule has 1 N–H and O–H groups in total. The summed E-state index contributed by atoms with van der Waals surface area (Å²) < 4.78 is 5.99. The van der Waals surface area contributed by atoms with Crippen LogP contribution in [0.15, 0.2) is 34.9 Å². The van der Waals surface area contributed by atoms with Crippen LogP contribution in [0, 0.1) is 24.2 Å². The van der Waals surface area contributed by atoms with Gasteiger partial charge in [0.1, 0.15) is 11.8 Å². The second-order valence-corrected chi connectivity index (χ2v) is 7.15. The number of rotatable bonds is 4. The van der Waals surface area contributed by atoms with Crippen molar-refractivity contribution >= 4 is 39.2 Å². The zero-order valence-corrected chi connectivity index (χ0v) is 16.4. The summed E-state index contributed by atoms with van der Waals surface area (Å²) >= 11 is 3.24. The minimum atomic E-state index is -0.542. The molecule has 1 aliphatic rings. The molecule has 0 saturated carbocycles. The van der Waals surface area contributed by atoms with Crippen molar-refractivity contribution < 1.29 is 14.3 Å². The predicted octanol–water partition coefficient (Wildman–Crippen LogP) is 3.02. The molecule has 27 heavy (non-hydrogen) atoms. The molecular weight excluding hydrogens is 412 g/mol. The first-order chi connectivity index (χ1) is 12.9. The maximum atomic E-state index is 12.6. The summed E-state index contributed by atoms with van der Waals surface area (Å²) in [4.78, 5) is 30.8. The molecule has 0 radical (unpaired) electrons.